The van der Waals surface area contributed by atoms with E-state index in [0.717, 1.165) is 43.8 Å². The zero-order valence-corrected chi connectivity index (χ0v) is 17.0. The highest BCUT2D eigenvalue weighted by Gasteiger charge is 2.26. The lowest BCUT2D eigenvalue weighted by atomic mass is 9.92. The molecule has 3 rings (SSSR count). The molecule has 1 aromatic heterocycles. The summed E-state index contributed by atoms with van der Waals surface area (Å²) in [5.41, 5.74) is 2.53. The Bertz CT molecular complexity index is 718. The van der Waals surface area contributed by atoms with Crippen LogP contribution >= 0.6 is 0 Å². The third kappa shape index (κ3) is 4.53. The number of ether oxygens (including phenoxy) is 1. The number of carbonyl (C=O) groups excluding carboxylic acids is 1. The van der Waals surface area contributed by atoms with Crippen molar-refractivity contribution in [3.05, 3.63) is 16.8 Å². The molecule has 2 aliphatic heterocycles. The first-order valence-corrected chi connectivity index (χ1v) is 10.1. The van der Waals surface area contributed by atoms with Crippen molar-refractivity contribution in [1.82, 2.24) is 9.47 Å². The summed E-state index contributed by atoms with van der Waals surface area (Å²) in [5, 5.41) is 12.7. The van der Waals surface area contributed by atoms with Crippen molar-refractivity contribution in [2.75, 3.05) is 31.6 Å². The average Bonchev–Trinajstić information content (AvgIpc) is 3.17. The molecule has 0 bridgehead atoms. The Hall–Kier alpha value is -1.84. The van der Waals surface area contributed by atoms with Gasteiger partial charge in [-0.05, 0) is 50.5 Å². The molecule has 1 N–H and O–H groups in total. The first-order valence-electron chi connectivity index (χ1n) is 10.1. The van der Waals surface area contributed by atoms with Crippen LogP contribution in [-0.4, -0.2) is 47.7 Å². The molecular formula is C21H32N4O2. The van der Waals surface area contributed by atoms with Crippen LogP contribution in [0.3, 0.4) is 0 Å². The fraction of sp³-hybridized carbons (Fsp3) is 0.714. The highest BCUT2D eigenvalue weighted by Crippen LogP contribution is 2.28. The summed E-state index contributed by atoms with van der Waals surface area (Å²) >= 11 is 0. The molecule has 6 heteroatoms. The molecular weight excluding hydrogens is 340 g/mol. The molecule has 3 heterocycles. The van der Waals surface area contributed by atoms with Crippen LogP contribution in [0.2, 0.25) is 0 Å². The zero-order valence-electron chi connectivity index (χ0n) is 17.0. The molecule has 2 fully saturated rings. The van der Waals surface area contributed by atoms with Crippen molar-refractivity contribution in [3.63, 3.8) is 0 Å². The smallest absolute Gasteiger partial charge is 0.239 e. The summed E-state index contributed by atoms with van der Waals surface area (Å²) < 4.78 is 7.83. The quantitative estimate of drug-likeness (QED) is 0.862. The lowest BCUT2D eigenvalue weighted by molar-refractivity contribution is -0.118. The van der Waals surface area contributed by atoms with Crippen LogP contribution < -0.4 is 5.32 Å². The fourth-order valence-electron chi connectivity index (χ4n) is 4.65. The van der Waals surface area contributed by atoms with Gasteiger partial charge in [-0.25, -0.2) is 0 Å². The van der Waals surface area contributed by atoms with Crippen LogP contribution in [-0.2, 0) is 16.1 Å². The second kappa shape index (κ2) is 8.45. The van der Waals surface area contributed by atoms with Crippen molar-refractivity contribution in [2.24, 2.45) is 11.8 Å². The lowest BCUT2D eigenvalue weighted by Crippen LogP contribution is -2.43. The van der Waals surface area contributed by atoms with Gasteiger partial charge in [0.2, 0.25) is 5.91 Å². The van der Waals surface area contributed by atoms with Crippen molar-refractivity contribution < 1.29 is 9.53 Å². The number of rotatable bonds is 5. The monoisotopic (exact) mass is 372 g/mol. The molecule has 3 atom stereocenters. The number of amides is 1. The molecule has 2 saturated heterocycles. The van der Waals surface area contributed by atoms with Crippen molar-refractivity contribution in [1.29, 1.82) is 5.26 Å². The van der Waals surface area contributed by atoms with Crippen LogP contribution in [0.5, 0.6) is 0 Å². The number of hydrogen-bond acceptors (Lipinski definition) is 4. The minimum Gasteiger partial charge on any atom is -0.376 e. The van der Waals surface area contributed by atoms with Crippen LogP contribution in [0.25, 0.3) is 0 Å². The Morgan fingerprint density at radius 2 is 2.00 bits per heavy atom. The highest BCUT2D eigenvalue weighted by atomic mass is 16.5. The topological polar surface area (TPSA) is 70.3 Å². The molecule has 0 saturated carbocycles. The molecule has 27 heavy (non-hydrogen) atoms. The van der Waals surface area contributed by atoms with Crippen LogP contribution in [0.4, 0.5) is 5.82 Å². The SMILES string of the molecule is Cc1c(C#N)c(NC(=O)CN2C[C@H](C)C[C@H](C)C2)n(C[C@@H]2CCCO2)c1C. The summed E-state index contributed by atoms with van der Waals surface area (Å²) in [6.07, 6.45) is 3.47. The number of nitrogens with zero attached hydrogens (tertiary/aromatic N) is 3. The van der Waals surface area contributed by atoms with Gasteiger partial charge in [-0.3, -0.25) is 9.69 Å². The van der Waals surface area contributed by atoms with E-state index in [4.69, 9.17) is 4.74 Å². The maximum absolute atomic E-state index is 12.8. The number of anilines is 1. The molecule has 0 radical (unpaired) electrons. The van der Waals surface area contributed by atoms with Gasteiger partial charge < -0.3 is 14.6 Å². The number of piperidine rings is 1. The first-order chi connectivity index (χ1) is 12.9. The van der Waals surface area contributed by atoms with Gasteiger partial charge in [-0.1, -0.05) is 13.8 Å². The number of carbonyl (C=O) groups is 1. The number of likely N-dealkylation sites (tertiary alicyclic amines) is 1. The first kappa shape index (κ1) is 19.9. The van der Waals surface area contributed by atoms with E-state index in [0.29, 0.717) is 36.3 Å². The van der Waals surface area contributed by atoms with Crippen LogP contribution in [0, 0.1) is 37.0 Å². The minimum atomic E-state index is -0.0427. The van der Waals surface area contributed by atoms with Gasteiger partial charge in [-0.15, -0.1) is 0 Å². The van der Waals surface area contributed by atoms with E-state index in [1.165, 1.54) is 6.42 Å². The second-order valence-electron chi connectivity index (χ2n) is 8.48. The third-order valence-electron chi connectivity index (χ3n) is 5.92. The Kier molecular flexibility index (Phi) is 6.23. The van der Waals surface area contributed by atoms with Crippen LogP contribution in [0.1, 0.15) is 49.9 Å². The van der Waals surface area contributed by atoms with E-state index in [1.54, 1.807) is 0 Å². The van der Waals surface area contributed by atoms with Gasteiger partial charge >= 0.3 is 0 Å². The molecule has 1 aromatic rings. The lowest BCUT2D eigenvalue weighted by Gasteiger charge is -2.34. The fourth-order valence-corrected chi connectivity index (χ4v) is 4.65. The van der Waals surface area contributed by atoms with Crippen LogP contribution in [0.15, 0.2) is 0 Å². The van der Waals surface area contributed by atoms with Gasteiger partial charge in [-0.2, -0.15) is 5.26 Å². The van der Waals surface area contributed by atoms with E-state index in [9.17, 15) is 10.1 Å². The Morgan fingerprint density at radius 3 is 2.59 bits per heavy atom. The normalized spacial score (nSPS) is 26.1. The van der Waals surface area contributed by atoms with Gasteiger partial charge in [0.1, 0.15) is 11.9 Å². The number of nitriles is 1. The van der Waals surface area contributed by atoms with Crippen molar-refractivity contribution in [2.45, 2.75) is 59.6 Å². The molecule has 0 aromatic carbocycles. The predicted octanol–water partition coefficient (Wildman–Crippen LogP) is 3.07. The van der Waals surface area contributed by atoms with E-state index in [-0.39, 0.29) is 12.0 Å². The standard InChI is InChI=1S/C21H32N4O2/c1-14-8-15(2)11-24(10-14)13-20(26)23-21-19(9-22)16(3)17(4)25(21)12-18-6-5-7-27-18/h14-15,18H,5-8,10-13H2,1-4H3,(H,23,26)/t14-,15+,18-/m0/s1. The molecule has 1 amide bonds. The molecule has 6 nitrogen and oxygen atoms in total. The zero-order chi connectivity index (χ0) is 19.6. The molecule has 148 valence electrons. The Morgan fingerprint density at radius 1 is 1.30 bits per heavy atom. The van der Waals surface area contributed by atoms with Gasteiger partial charge in [0, 0.05) is 25.4 Å². The van der Waals surface area contributed by atoms with Gasteiger partial charge in [0.25, 0.3) is 0 Å². The summed E-state index contributed by atoms with van der Waals surface area (Å²) in [6.45, 7) is 12.2. The maximum Gasteiger partial charge on any atom is 0.239 e. The van der Waals surface area contributed by atoms with Gasteiger partial charge in [0.15, 0.2) is 0 Å². The maximum atomic E-state index is 12.8. The molecule has 0 unspecified atom stereocenters. The van der Waals surface area contributed by atoms with E-state index < -0.39 is 0 Å². The van der Waals surface area contributed by atoms with E-state index in [1.807, 2.05) is 13.8 Å². The van der Waals surface area contributed by atoms with E-state index >= 15 is 0 Å². The average molecular weight is 373 g/mol. The highest BCUT2D eigenvalue weighted by molar-refractivity contribution is 5.93. The predicted molar refractivity (Wildman–Crippen MR) is 106 cm³/mol. The summed E-state index contributed by atoms with van der Waals surface area (Å²) in [4.78, 5) is 15.0. The largest absolute Gasteiger partial charge is 0.376 e. The molecule has 0 spiro atoms. The van der Waals surface area contributed by atoms with Crippen molar-refractivity contribution >= 4 is 11.7 Å². The summed E-state index contributed by atoms with van der Waals surface area (Å²) in [7, 11) is 0. The number of hydrogen-bond donors (Lipinski definition) is 1. The molecule has 0 aliphatic carbocycles. The Balaban J connectivity index is 1.75. The molecule has 2 aliphatic rings. The third-order valence-corrected chi connectivity index (χ3v) is 5.92. The summed E-state index contributed by atoms with van der Waals surface area (Å²) in [5.74, 6) is 1.82. The van der Waals surface area contributed by atoms with Crippen molar-refractivity contribution in [3.8, 4) is 6.07 Å². The number of nitrogens with one attached hydrogen (secondary N) is 1. The second-order valence-corrected chi connectivity index (χ2v) is 8.48. The Labute approximate surface area is 162 Å². The number of aromatic nitrogens is 1. The van der Waals surface area contributed by atoms with E-state index in [2.05, 4.69) is 34.7 Å². The summed E-state index contributed by atoms with van der Waals surface area (Å²) in [6, 6.07) is 2.28. The minimum absolute atomic E-state index is 0.0427. The van der Waals surface area contributed by atoms with Gasteiger partial charge in [0.05, 0.1) is 24.8 Å².